The Morgan fingerprint density at radius 2 is 1.95 bits per heavy atom. The van der Waals surface area contributed by atoms with Gasteiger partial charge in [0.1, 0.15) is 0 Å². The molecule has 0 unspecified atom stereocenters. The number of halogens is 1. The molecule has 2 aromatic carbocycles. The topological polar surface area (TPSA) is 35.8 Å². The Morgan fingerprint density at radius 1 is 1.16 bits per heavy atom. The van der Waals surface area contributed by atoms with Gasteiger partial charge in [0.25, 0.3) is 0 Å². The minimum Gasteiger partial charge on any atom is -0.354 e. The molecular formula is C16H15BrN2. The molecule has 0 amide bonds. The van der Waals surface area contributed by atoms with Gasteiger partial charge in [0.15, 0.2) is 0 Å². The molecule has 3 heteroatoms. The van der Waals surface area contributed by atoms with Crippen molar-refractivity contribution in [1.29, 1.82) is 5.26 Å². The Hall–Kier alpha value is -1.79. The smallest absolute Gasteiger partial charge is 0.0992 e. The van der Waals surface area contributed by atoms with Crippen molar-refractivity contribution in [3.63, 3.8) is 0 Å². The quantitative estimate of drug-likeness (QED) is 0.860. The second-order valence-electron chi connectivity index (χ2n) is 4.34. The van der Waals surface area contributed by atoms with Gasteiger partial charge in [0.05, 0.1) is 17.3 Å². The molecule has 0 atom stereocenters. The van der Waals surface area contributed by atoms with Crippen molar-refractivity contribution >= 4 is 27.3 Å². The first-order valence-electron chi connectivity index (χ1n) is 6.29. The number of hydrogen-bond acceptors (Lipinski definition) is 2. The molecule has 19 heavy (non-hydrogen) atoms. The van der Waals surface area contributed by atoms with E-state index in [1.165, 1.54) is 5.56 Å². The molecule has 0 spiro atoms. The Morgan fingerprint density at radius 3 is 2.63 bits per heavy atom. The highest BCUT2D eigenvalue weighted by molar-refractivity contribution is 9.10. The van der Waals surface area contributed by atoms with E-state index >= 15 is 0 Å². The van der Waals surface area contributed by atoms with Gasteiger partial charge >= 0.3 is 0 Å². The molecule has 0 saturated heterocycles. The highest BCUT2D eigenvalue weighted by Gasteiger charge is 2.05. The molecule has 0 heterocycles. The number of nitrogens with one attached hydrogen (secondary N) is 1. The average Bonchev–Trinajstić information content (AvgIpc) is 2.43. The Kier molecular flexibility index (Phi) is 4.59. The zero-order chi connectivity index (χ0) is 13.7. The number of hydrogen-bond donors (Lipinski definition) is 1. The van der Waals surface area contributed by atoms with Crippen LogP contribution in [0.2, 0.25) is 0 Å². The van der Waals surface area contributed by atoms with E-state index in [-0.39, 0.29) is 0 Å². The normalized spacial score (nSPS) is 9.95. The number of anilines is 2. The lowest BCUT2D eigenvalue weighted by Crippen LogP contribution is -1.96. The number of para-hydroxylation sites is 1. The zero-order valence-electron chi connectivity index (χ0n) is 10.8. The maximum absolute atomic E-state index is 8.87. The molecule has 0 bridgehead atoms. The summed E-state index contributed by atoms with van der Waals surface area (Å²) in [6.07, 6.45) is 2.17. The van der Waals surface area contributed by atoms with E-state index in [1.54, 1.807) is 0 Å². The molecule has 0 radical (unpaired) electrons. The monoisotopic (exact) mass is 314 g/mol. The third-order valence-corrected chi connectivity index (χ3v) is 3.56. The van der Waals surface area contributed by atoms with E-state index < -0.39 is 0 Å². The fourth-order valence-electron chi connectivity index (χ4n) is 1.96. The predicted molar refractivity (Wildman–Crippen MR) is 82.6 cm³/mol. The van der Waals surface area contributed by atoms with Crippen LogP contribution in [0, 0.1) is 11.3 Å². The number of nitrogens with zero attached hydrogens (tertiary/aromatic N) is 1. The van der Waals surface area contributed by atoms with Gasteiger partial charge in [0.2, 0.25) is 0 Å². The van der Waals surface area contributed by atoms with Crippen LogP contribution in [-0.4, -0.2) is 0 Å². The number of benzene rings is 2. The largest absolute Gasteiger partial charge is 0.354 e. The van der Waals surface area contributed by atoms with Gasteiger partial charge in [-0.1, -0.05) is 31.5 Å². The summed E-state index contributed by atoms with van der Waals surface area (Å²) >= 11 is 3.50. The fourth-order valence-corrected chi connectivity index (χ4v) is 2.44. The zero-order valence-corrected chi connectivity index (χ0v) is 12.4. The lowest BCUT2D eigenvalue weighted by atomic mass is 10.1. The van der Waals surface area contributed by atoms with Crippen LogP contribution in [0.25, 0.3) is 0 Å². The predicted octanol–water partition coefficient (Wildman–Crippen LogP) is 5.02. The van der Waals surface area contributed by atoms with Crippen LogP contribution in [0.4, 0.5) is 11.4 Å². The van der Waals surface area contributed by atoms with E-state index in [9.17, 15) is 0 Å². The van der Waals surface area contributed by atoms with Crippen LogP contribution in [0.3, 0.4) is 0 Å². The van der Waals surface area contributed by atoms with E-state index in [1.807, 2.05) is 24.3 Å². The molecular weight excluding hydrogens is 300 g/mol. The Balaban J connectivity index is 2.29. The highest BCUT2D eigenvalue weighted by Crippen LogP contribution is 2.28. The standard InChI is InChI=1S/C16H15BrN2/c1-2-5-13-6-3-4-7-15(13)19-16-9-8-12(11-18)10-14(16)17/h3-4,6-10,19H,2,5H2,1H3. The number of nitriles is 1. The van der Waals surface area contributed by atoms with E-state index in [2.05, 4.69) is 52.4 Å². The van der Waals surface area contributed by atoms with Crippen molar-refractivity contribution in [3.05, 3.63) is 58.1 Å². The highest BCUT2D eigenvalue weighted by atomic mass is 79.9. The van der Waals surface area contributed by atoms with E-state index in [4.69, 9.17) is 5.26 Å². The molecule has 96 valence electrons. The van der Waals surface area contributed by atoms with Gasteiger partial charge in [0, 0.05) is 10.2 Å². The van der Waals surface area contributed by atoms with Crippen LogP contribution in [0.1, 0.15) is 24.5 Å². The first kappa shape index (κ1) is 13.6. The summed E-state index contributed by atoms with van der Waals surface area (Å²) in [6, 6.07) is 16.0. The molecule has 0 aromatic heterocycles. The molecule has 2 aromatic rings. The minimum absolute atomic E-state index is 0.652. The molecule has 0 aliphatic carbocycles. The summed E-state index contributed by atoms with van der Waals surface area (Å²) in [7, 11) is 0. The SMILES string of the molecule is CCCc1ccccc1Nc1ccc(C#N)cc1Br. The second kappa shape index (κ2) is 6.40. The van der Waals surface area contributed by atoms with Crippen molar-refractivity contribution in [2.45, 2.75) is 19.8 Å². The first-order chi connectivity index (χ1) is 9.24. The summed E-state index contributed by atoms with van der Waals surface area (Å²) in [5.41, 5.74) is 4.05. The summed E-state index contributed by atoms with van der Waals surface area (Å²) in [5, 5.41) is 12.3. The van der Waals surface area contributed by atoms with Crippen molar-refractivity contribution in [3.8, 4) is 6.07 Å². The maximum Gasteiger partial charge on any atom is 0.0992 e. The Labute approximate surface area is 122 Å². The second-order valence-corrected chi connectivity index (χ2v) is 5.19. The third kappa shape index (κ3) is 3.36. The lowest BCUT2D eigenvalue weighted by Gasteiger charge is -2.13. The van der Waals surface area contributed by atoms with Crippen LogP contribution < -0.4 is 5.32 Å². The molecule has 1 N–H and O–H groups in total. The third-order valence-electron chi connectivity index (χ3n) is 2.90. The van der Waals surface area contributed by atoms with Gasteiger partial charge in [-0.15, -0.1) is 0 Å². The van der Waals surface area contributed by atoms with Crippen LogP contribution in [0.5, 0.6) is 0 Å². The first-order valence-corrected chi connectivity index (χ1v) is 7.08. The fraction of sp³-hybridized carbons (Fsp3) is 0.188. The van der Waals surface area contributed by atoms with Crippen molar-refractivity contribution < 1.29 is 0 Å². The number of rotatable bonds is 4. The van der Waals surface area contributed by atoms with Crippen LogP contribution in [-0.2, 0) is 6.42 Å². The molecule has 2 rings (SSSR count). The minimum atomic E-state index is 0.652. The van der Waals surface area contributed by atoms with Crippen molar-refractivity contribution in [2.75, 3.05) is 5.32 Å². The molecule has 0 fully saturated rings. The summed E-state index contributed by atoms with van der Waals surface area (Å²) in [5.74, 6) is 0. The average molecular weight is 315 g/mol. The van der Waals surface area contributed by atoms with E-state index in [0.29, 0.717) is 5.56 Å². The van der Waals surface area contributed by atoms with Crippen molar-refractivity contribution in [1.82, 2.24) is 0 Å². The Bertz CT molecular complexity index is 614. The molecule has 0 aliphatic heterocycles. The van der Waals surface area contributed by atoms with Gasteiger partial charge in [-0.05, 0) is 52.2 Å². The summed E-state index contributed by atoms with van der Waals surface area (Å²) in [6.45, 7) is 2.18. The number of aryl methyl sites for hydroxylation is 1. The molecule has 0 saturated carbocycles. The van der Waals surface area contributed by atoms with Gasteiger partial charge in [-0.2, -0.15) is 5.26 Å². The van der Waals surface area contributed by atoms with Crippen molar-refractivity contribution in [2.24, 2.45) is 0 Å². The summed E-state index contributed by atoms with van der Waals surface area (Å²) < 4.78 is 0.901. The molecule has 0 aliphatic rings. The lowest BCUT2D eigenvalue weighted by molar-refractivity contribution is 0.923. The summed E-state index contributed by atoms with van der Waals surface area (Å²) in [4.78, 5) is 0. The molecule has 2 nitrogen and oxygen atoms in total. The van der Waals surface area contributed by atoms with Gasteiger partial charge in [-0.25, -0.2) is 0 Å². The van der Waals surface area contributed by atoms with Crippen LogP contribution in [0.15, 0.2) is 46.9 Å². The van der Waals surface area contributed by atoms with Gasteiger partial charge < -0.3 is 5.32 Å². The van der Waals surface area contributed by atoms with Gasteiger partial charge in [-0.3, -0.25) is 0 Å². The maximum atomic E-state index is 8.87. The van der Waals surface area contributed by atoms with Crippen LogP contribution >= 0.6 is 15.9 Å². The van der Waals surface area contributed by atoms with E-state index in [0.717, 1.165) is 28.7 Å².